The Bertz CT molecular complexity index is 1260. The van der Waals surface area contributed by atoms with Crippen LogP contribution in [0.2, 0.25) is 10.0 Å². The summed E-state index contributed by atoms with van der Waals surface area (Å²) < 4.78 is 27.5. The molecular formula is C22H19Cl2N3O4S. The predicted molar refractivity (Wildman–Crippen MR) is 126 cm³/mol. The first-order chi connectivity index (χ1) is 15.2. The molecule has 0 aliphatic carbocycles. The summed E-state index contributed by atoms with van der Waals surface area (Å²) in [5.74, 6) is -0.675. The van der Waals surface area contributed by atoms with E-state index >= 15 is 0 Å². The number of hydrogen-bond acceptors (Lipinski definition) is 5. The first kappa shape index (κ1) is 23.6. The third-order valence-corrected chi connectivity index (χ3v) is 6.70. The number of para-hydroxylation sites is 1. The van der Waals surface area contributed by atoms with Crippen molar-refractivity contribution in [1.29, 1.82) is 0 Å². The third-order valence-electron chi connectivity index (χ3n) is 4.43. The molecule has 0 atom stereocenters. The Morgan fingerprint density at radius 1 is 1.00 bits per heavy atom. The van der Waals surface area contributed by atoms with Crippen LogP contribution in [-0.2, 0) is 14.8 Å². The van der Waals surface area contributed by atoms with Crippen LogP contribution >= 0.6 is 23.2 Å². The van der Waals surface area contributed by atoms with E-state index in [9.17, 15) is 18.3 Å². The van der Waals surface area contributed by atoms with E-state index in [1.807, 2.05) is 0 Å². The molecule has 0 aromatic heterocycles. The molecule has 0 bridgehead atoms. The second-order valence-corrected chi connectivity index (χ2v) is 9.43. The lowest BCUT2D eigenvalue weighted by Gasteiger charge is -2.24. The van der Waals surface area contributed by atoms with Gasteiger partial charge in [0.2, 0.25) is 0 Å². The largest absolute Gasteiger partial charge is 0.507 e. The van der Waals surface area contributed by atoms with Gasteiger partial charge in [0, 0.05) is 15.6 Å². The van der Waals surface area contributed by atoms with Gasteiger partial charge in [-0.15, -0.1) is 0 Å². The fourth-order valence-corrected chi connectivity index (χ4v) is 4.56. The van der Waals surface area contributed by atoms with Crippen molar-refractivity contribution >= 4 is 50.5 Å². The molecule has 0 radical (unpaired) electrons. The number of nitrogens with zero attached hydrogens (tertiary/aromatic N) is 2. The summed E-state index contributed by atoms with van der Waals surface area (Å²) in [6.07, 6.45) is 0. The molecule has 0 unspecified atom stereocenters. The van der Waals surface area contributed by atoms with E-state index < -0.39 is 22.5 Å². The van der Waals surface area contributed by atoms with Crippen LogP contribution in [0.25, 0.3) is 0 Å². The zero-order valence-corrected chi connectivity index (χ0v) is 19.2. The Hall–Kier alpha value is -3.07. The van der Waals surface area contributed by atoms with Gasteiger partial charge < -0.3 is 5.11 Å². The molecule has 0 saturated carbocycles. The molecule has 10 heteroatoms. The molecule has 0 saturated heterocycles. The van der Waals surface area contributed by atoms with Gasteiger partial charge in [-0.2, -0.15) is 5.10 Å². The lowest BCUT2D eigenvalue weighted by Crippen LogP contribution is -2.39. The third kappa shape index (κ3) is 5.59. The zero-order chi connectivity index (χ0) is 23.3. The quantitative estimate of drug-likeness (QED) is 0.377. The molecule has 0 aliphatic heterocycles. The minimum absolute atomic E-state index is 0.00821. The number of anilines is 1. The highest BCUT2D eigenvalue weighted by molar-refractivity contribution is 7.92. The molecule has 0 spiro atoms. The van der Waals surface area contributed by atoms with Crippen molar-refractivity contribution < 1.29 is 18.3 Å². The van der Waals surface area contributed by atoms with Crippen molar-refractivity contribution in [2.45, 2.75) is 11.8 Å². The number of carbonyl (C=O) groups excluding carboxylic acids is 1. The second kappa shape index (κ2) is 10.0. The number of aromatic hydroxyl groups is 1. The first-order valence-electron chi connectivity index (χ1n) is 9.34. The Balaban J connectivity index is 1.89. The van der Waals surface area contributed by atoms with Gasteiger partial charge in [0.25, 0.3) is 15.9 Å². The van der Waals surface area contributed by atoms with E-state index in [1.54, 1.807) is 37.3 Å². The van der Waals surface area contributed by atoms with Gasteiger partial charge in [-0.25, -0.2) is 13.8 Å². The monoisotopic (exact) mass is 491 g/mol. The number of nitrogens with one attached hydrogen (secondary N) is 1. The van der Waals surface area contributed by atoms with Gasteiger partial charge in [-0.05, 0) is 61.5 Å². The van der Waals surface area contributed by atoms with Crippen molar-refractivity contribution in [2.24, 2.45) is 5.10 Å². The number of hydrogen-bond donors (Lipinski definition) is 2. The molecule has 3 aromatic carbocycles. The Morgan fingerprint density at radius 2 is 1.69 bits per heavy atom. The number of amides is 1. The van der Waals surface area contributed by atoms with Crippen LogP contribution in [0.4, 0.5) is 5.69 Å². The van der Waals surface area contributed by atoms with Gasteiger partial charge in [-0.3, -0.25) is 9.10 Å². The van der Waals surface area contributed by atoms with Crippen molar-refractivity contribution in [2.75, 3.05) is 10.8 Å². The van der Waals surface area contributed by atoms with E-state index in [4.69, 9.17) is 23.2 Å². The Morgan fingerprint density at radius 3 is 2.34 bits per heavy atom. The number of carbonyl (C=O) groups is 1. The highest BCUT2D eigenvalue weighted by Gasteiger charge is 2.27. The number of sulfonamides is 1. The second-order valence-electron chi connectivity index (χ2n) is 6.69. The van der Waals surface area contributed by atoms with Gasteiger partial charge in [0.05, 0.1) is 16.3 Å². The van der Waals surface area contributed by atoms with Crippen LogP contribution in [0, 0.1) is 0 Å². The van der Waals surface area contributed by atoms with Crippen molar-refractivity contribution in [3.63, 3.8) is 0 Å². The van der Waals surface area contributed by atoms with E-state index in [0.29, 0.717) is 21.3 Å². The fourth-order valence-electron chi connectivity index (χ4n) is 2.83. The van der Waals surface area contributed by atoms with Crippen molar-refractivity contribution in [3.8, 4) is 5.75 Å². The van der Waals surface area contributed by atoms with E-state index in [2.05, 4.69) is 10.5 Å². The molecule has 2 N–H and O–H groups in total. The minimum Gasteiger partial charge on any atom is -0.507 e. The standard InChI is InChI=1S/C22H19Cl2N3O4S/c1-15(20-7-2-3-8-21(20)28)25-26-22(29)14-27(18-6-4-5-17(24)13-18)32(30,31)19-11-9-16(23)10-12-19/h2-13,28H,14H2,1H3,(H,26,29)/b25-15-. The van der Waals surface area contributed by atoms with Crippen LogP contribution in [0.5, 0.6) is 5.75 Å². The summed E-state index contributed by atoms with van der Waals surface area (Å²) in [5, 5.41) is 14.6. The summed E-state index contributed by atoms with van der Waals surface area (Å²) in [6, 6.07) is 18.3. The summed E-state index contributed by atoms with van der Waals surface area (Å²) in [4.78, 5) is 12.6. The lowest BCUT2D eigenvalue weighted by atomic mass is 10.1. The summed E-state index contributed by atoms with van der Waals surface area (Å²) in [7, 11) is -4.11. The SMILES string of the molecule is C/C(=N/NC(=O)CN(c1cccc(Cl)c1)S(=O)(=O)c1ccc(Cl)cc1)c1ccccc1O. The van der Waals surface area contributed by atoms with Crippen LogP contribution in [0.1, 0.15) is 12.5 Å². The number of rotatable bonds is 7. The van der Waals surface area contributed by atoms with E-state index in [1.165, 1.54) is 42.5 Å². The summed E-state index contributed by atoms with van der Waals surface area (Å²) >= 11 is 11.9. The maximum absolute atomic E-state index is 13.3. The Kier molecular flexibility index (Phi) is 7.40. The molecule has 166 valence electrons. The molecule has 0 aliphatic rings. The molecule has 0 fully saturated rings. The lowest BCUT2D eigenvalue weighted by molar-refractivity contribution is -0.119. The van der Waals surface area contributed by atoms with Gasteiger partial charge in [0.1, 0.15) is 12.3 Å². The number of phenolic OH excluding ortho intramolecular Hbond substituents is 1. The van der Waals surface area contributed by atoms with Crippen LogP contribution in [0.15, 0.2) is 82.8 Å². The Labute approximate surface area is 196 Å². The van der Waals surface area contributed by atoms with Crippen LogP contribution < -0.4 is 9.73 Å². The van der Waals surface area contributed by atoms with Gasteiger partial charge in [-0.1, -0.05) is 41.4 Å². The fraction of sp³-hybridized carbons (Fsp3) is 0.0909. The number of hydrazone groups is 1. The average Bonchev–Trinajstić information content (AvgIpc) is 2.76. The molecule has 7 nitrogen and oxygen atoms in total. The van der Waals surface area contributed by atoms with E-state index in [-0.39, 0.29) is 16.3 Å². The van der Waals surface area contributed by atoms with Crippen molar-refractivity contribution in [3.05, 3.63) is 88.4 Å². The molecule has 0 heterocycles. The predicted octanol–water partition coefficient (Wildman–Crippen LogP) is 4.43. The summed E-state index contributed by atoms with van der Waals surface area (Å²) in [6.45, 7) is 1.05. The number of halogens is 2. The van der Waals surface area contributed by atoms with Crippen molar-refractivity contribution in [1.82, 2.24) is 5.43 Å². The van der Waals surface area contributed by atoms with Gasteiger partial charge in [0.15, 0.2) is 0 Å². The minimum atomic E-state index is -4.11. The highest BCUT2D eigenvalue weighted by atomic mass is 35.5. The van der Waals surface area contributed by atoms with Gasteiger partial charge >= 0.3 is 0 Å². The smallest absolute Gasteiger partial charge is 0.264 e. The maximum atomic E-state index is 13.3. The maximum Gasteiger partial charge on any atom is 0.264 e. The highest BCUT2D eigenvalue weighted by Crippen LogP contribution is 2.26. The molecule has 3 aromatic rings. The number of benzene rings is 3. The number of phenols is 1. The normalized spacial score (nSPS) is 11.8. The molecular weight excluding hydrogens is 473 g/mol. The van der Waals surface area contributed by atoms with E-state index in [0.717, 1.165) is 4.31 Å². The average molecular weight is 492 g/mol. The van der Waals surface area contributed by atoms with Crippen LogP contribution in [-0.4, -0.2) is 31.7 Å². The summed E-state index contributed by atoms with van der Waals surface area (Å²) in [5.41, 5.74) is 3.34. The topological polar surface area (TPSA) is 99.1 Å². The first-order valence-corrected chi connectivity index (χ1v) is 11.5. The van der Waals surface area contributed by atoms with Crippen LogP contribution in [0.3, 0.4) is 0 Å². The molecule has 1 amide bonds. The molecule has 3 rings (SSSR count). The zero-order valence-electron chi connectivity index (χ0n) is 16.9. The molecule has 32 heavy (non-hydrogen) atoms.